The minimum absolute atomic E-state index is 0.171. The number of unbranched alkanes of at least 4 members (excludes halogenated alkanes) is 2. The molecule has 10 heteroatoms. The molecule has 0 bridgehead atoms. The van der Waals surface area contributed by atoms with Crippen molar-refractivity contribution >= 4 is 43.9 Å². The topological polar surface area (TPSA) is 78.2 Å². The molecule has 1 aliphatic carbocycles. The van der Waals surface area contributed by atoms with Crippen molar-refractivity contribution in [1.82, 2.24) is 18.8 Å². The molecule has 0 N–H and O–H groups in total. The van der Waals surface area contributed by atoms with Gasteiger partial charge >= 0.3 is 0 Å². The smallest absolute Gasteiger partial charge is 0.268 e. The van der Waals surface area contributed by atoms with Crippen molar-refractivity contribution in [3.05, 3.63) is 88.2 Å². The maximum atomic E-state index is 13.3. The molecule has 1 atom stereocenters. The summed E-state index contributed by atoms with van der Waals surface area (Å²) in [5.74, 6) is 0.458. The lowest BCUT2D eigenvalue weighted by atomic mass is 9.99. The normalized spacial score (nSPS) is 19.5. The Hall–Kier alpha value is -3.31. The minimum atomic E-state index is -3.64. The molecule has 4 aromatic rings. The lowest BCUT2D eigenvalue weighted by Gasteiger charge is -2.35. The number of carbonyl (C=O) groups excluding carboxylic acids is 1. The fraction of sp³-hybridized carbons (Fsp3) is 0.394. The van der Waals surface area contributed by atoms with Gasteiger partial charge < -0.3 is 4.90 Å². The SMILES string of the molecule is O=C1CC2Cc3ccsc3C2=NN1CCCCCN1CCN(Cc2cccc3c2ccn3S(=O)(=O)c2ccccc2)CC1. The third-order valence-corrected chi connectivity index (χ3v) is 11.7. The number of fused-ring (bicyclic) bond motifs is 4. The number of hydrogen-bond donors (Lipinski definition) is 0. The van der Waals surface area contributed by atoms with Gasteiger partial charge in [0.1, 0.15) is 0 Å². The van der Waals surface area contributed by atoms with Crippen molar-refractivity contribution in [2.75, 3.05) is 39.3 Å². The van der Waals surface area contributed by atoms with Crippen molar-refractivity contribution in [1.29, 1.82) is 0 Å². The summed E-state index contributed by atoms with van der Waals surface area (Å²) in [4.78, 5) is 19.2. The van der Waals surface area contributed by atoms with E-state index < -0.39 is 10.0 Å². The summed E-state index contributed by atoms with van der Waals surface area (Å²) in [6, 6.07) is 18.7. The second-order valence-corrected chi connectivity index (χ2v) is 14.6. The largest absolute Gasteiger partial charge is 0.301 e. The first-order chi connectivity index (χ1) is 21.0. The lowest BCUT2D eigenvalue weighted by Crippen LogP contribution is -2.46. The molecule has 224 valence electrons. The zero-order valence-electron chi connectivity index (χ0n) is 24.3. The van der Waals surface area contributed by atoms with E-state index in [1.165, 1.54) is 14.4 Å². The molecule has 8 nitrogen and oxygen atoms in total. The molecule has 43 heavy (non-hydrogen) atoms. The number of piperazine rings is 1. The van der Waals surface area contributed by atoms with Gasteiger partial charge in [0.25, 0.3) is 10.0 Å². The van der Waals surface area contributed by atoms with Gasteiger partial charge in [-0.3, -0.25) is 9.69 Å². The third-order valence-electron chi connectivity index (χ3n) is 9.06. The second-order valence-electron chi connectivity index (χ2n) is 11.8. The molecule has 7 rings (SSSR count). The summed E-state index contributed by atoms with van der Waals surface area (Å²) < 4.78 is 27.9. The van der Waals surface area contributed by atoms with Crippen molar-refractivity contribution in [3.8, 4) is 0 Å². The Labute approximate surface area is 257 Å². The van der Waals surface area contributed by atoms with Gasteiger partial charge in [-0.1, -0.05) is 36.8 Å². The molecule has 1 fully saturated rings. The predicted molar refractivity (Wildman–Crippen MR) is 171 cm³/mol. The van der Waals surface area contributed by atoms with Gasteiger partial charge in [0.2, 0.25) is 5.91 Å². The molecule has 2 aromatic carbocycles. The summed E-state index contributed by atoms with van der Waals surface area (Å²) in [7, 11) is -3.64. The highest BCUT2D eigenvalue weighted by molar-refractivity contribution is 7.90. The Morgan fingerprint density at radius 2 is 1.63 bits per heavy atom. The molecule has 1 unspecified atom stereocenters. The Morgan fingerprint density at radius 3 is 2.47 bits per heavy atom. The molecule has 0 spiro atoms. The summed E-state index contributed by atoms with van der Waals surface area (Å²) >= 11 is 1.75. The molecular formula is C33H37N5O3S2. The molecular weight excluding hydrogens is 579 g/mol. The number of aromatic nitrogens is 1. The van der Waals surface area contributed by atoms with Crippen LogP contribution in [0.1, 0.15) is 41.7 Å². The van der Waals surface area contributed by atoms with Crippen molar-refractivity contribution < 1.29 is 13.2 Å². The number of carbonyl (C=O) groups is 1. The van der Waals surface area contributed by atoms with E-state index in [9.17, 15) is 13.2 Å². The summed E-state index contributed by atoms with van der Waals surface area (Å²) in [5.41, 5.74) is 4.36. The van der Waals surface area contributed by atoms with E-state index in [-0.39, 0.29) is 11.8 Å². The van der Waals surface area contributed by atoms with Gasteiger partial charge in [-0.2, -0.15) is 5.10 Å². The van der Waals surface area contributed by atoms with Crippen molar-refractivity contribution in [3.63, 3.8) is 0 Å². The van der Waals surface area contributed by atoms with Gasteiger partial charge in [0, 0.05) is 63.2 Å². The summed E-state index contributed by atoms with van der Waals surface area (Å²) in [5, 5.41) is 9.62. The maximum absolute atomic E-state index is 13.3. The quantitative estimate of drug-likeness (QED) is 0.234. The van der Waals surface area contributed by atoms with Crippen LogP contribution in [0.2, 0.25) is 0 Å². The predicted octanol–water partition coefficient (Wildman–Crippen LogP) is 5.04. The van der Waals surface area contributed by atoms with Crippen LogP contribution in [0.4, 0.5) is 0 Å². The van der Waals surface area contributed by atoms with Gasteiger partial charge in [0.05, 0.1) is 21.0 Å². The Morgan fingerprint density at radius 1 is 0.837 bits per heavy atom. The molecule has 1 saturated heterocycles. The van der Waals surface area contributed by atoms with E-state index in [1.807, 2.05) is 24.3 Å². The van der Waals surface area contributed by atoms with Crippen LogP contribution in [0, 0.1) is 5.92 Å². The first kappa shape index (κ1) is 28.5. The van der Waals surface area contributed by atoms with Crippen LogP contribution < -0.4 is 0 Å². The van der Waals surface area contributed by atoms with Crippen LogP contribution in [0.15, 0.2) is 82.2 Å². The number of hydrogen-bond acceptors (Lipinski definition) is 7. The first-order valence-corrected chi connectivity index (χ1v) is 17.6. The standard InChI is InChI=1S/C33H37N5O3S2/c39-31-23-27-22-25-13-21-42-33(25)32(27)34-37(31)15-6-2-5-14-35-17-19-36(20-18-35)24-26-8-7-11-30-29(26)12-16-38(30)43(40,41)28-9-3-1-4-10-28/h1,3-4,7-13,16,21,27H,2,5-6,14-15,17-20,22-24H2. The Kier molecular flexibility index (Phi) is 7.94. The molecule has 2 aliphatic heterocycles. The van der Waals surface area contributed by atoms with E-state index in [2.05, 4.69) is 27.3 Å². The average Bonchev–Trinajstić information content (AvgIpc) is 3.74. The van der Waals surface area contributed by atoms with Crippen LogP contribution in [0.3, 0.4) is 0 Å². The first-order valence-electron chi connectivity index (χ1n) is 15.3. The van der Waals surface area contributed by atoms with Gasteiger partial charge in [-0.05, 0) is 72.6 Å². The summed E-state index contributed by atoms with van der Waals surface area (Å²) in [6.45, 7) is 6.64. The van der Waals surface area contributed by atoms with Gasteiger partial charge in [0.15, 0.2) is 0 Å². The zero-order chi connectivity index (χ0) is 29.4. The van der Waals surface area contributed by atoms with E-state index in [0.29, 0.717) is 17.9 Å². The highest BCUT2D eigenvalue weighted by Crippen LogP contribution is 2.36. The van der Waals surface area contributed by atoms with Crippen LogP contribution in [-0.2, 0) is 27.8 Å². The minimum Gasteiger partial charge on any atom is -0.301 e. The Bertz CT molecular complexity index is 1750. The average molecular weight is 616 g/mol. The molecule has 0 radical (unpaired) electrons. The number of rotatable bonds is 10. The lowest BCUT2D eigenvalue weighted by molar-refractivity contribution is -0.132. The van der Waals surface area contributed by atoms with Crippen LogP contribution >= 0.6 is 11.3 Å². The summed E-state index contributed by atoms with van der Waals surface area (Å²) in [6.07, 6.45) is 6.43. The number of amides is 1. The number of hydrazone groups is 1. The second kappa shape index (κ2) is 12.0. The van der Waals surface area contributed by atoms with E-state index in [1.54, 1.807) is 46.8 Å². The van der Waals surface area contributed by atoms with Gasteiger partial charge in [-0.25, -0.2) is 17.4 Å². The fourth-order valence-electron chi connectivity index (χ4n) is 6.69. The number of nitrogens with zero attached hydrogens (tertiary/aromatic N) is 5. The van der Waals surface area contributed by atoms with Crippen molar-refractivity contribution in [2.24, 2.45) is 11.0 Å². The fourth-order valence-corrected chi connectivity index (χ4v) is 9.05. The highest BCUT2D eigenvalue weighted by Gasteiger charge is 2.36. The Balaban J connectivity index is 0.878. The molecule has 2 aromatic heterocycles. The third kappa shape index (κ3) is 5.69. The molecule has 1 amide bonds. The van der Waals surface area contributed by atoms with E-state index in [4.69, 9.17) is 5.10 Å². The maximum Gasteiger partial charge on any atom is 0.268 e. The molecule has 4 heterocycles. The van der Waals surface area contributed by atoms with Gasteiger partial charge in [-0.15, -0.1) is 11.3 Å². The van der Waals surface area contributed by atoms with E-state index >= 15 is 0 Å². The van der Waals surface area contributed by atoms with E-state index in [0.717, 1.165) is 87.1 Å². The highest BCUT2D eigenvalue weighted by atomic mass is 32.2. The van der Waals surface area contributed by atoms with Crippen LogP contribution in [0.5, 0.6) is 0 Å². The van der Waals surface area contributed by atoms with Crippen LogP contribution in [0.25, 0.3) is 10.9 Å². The zero-order valence-corrected chi connectivity index (χ0v) is 25.9. The number of benzene rings is 2. The van der Waals surface area contributed by atoms with Crippen LogP contribution in [-0.4, -0.2) is 78.1 Å². The monoisotopic (exact) mass is 615 g/mol. The van der Waals surface area contributed by atoms with Crippen molar-refractivity contribution in [2.45, 2.75) is 43.5 Å². The number of thiophene rings is 1. The molecule has 3 aliphatic rings. The molecule has 0 saturated carbocycles.